The highest BCUT2D eigenvalue weighted by Gasteiger charge is 2.42. The fraction of sp³-hybridized carbons (Fsp3) is 0.100. The van der Waals surface area contributed by atoms with Crippen molar-refractivity contribution in [1.29, 1.82) is 0 Å². The summed E-state index contributed by atoms with van der Waals surface area (Å²) in [4.78, 5) is -0.990. The van der Waals surface area contributed by atoms with Gasteiger partial charge in [0.1, 0.15) is 0 Å². The molecule has 0 fully saturated rings. The highest BCUT2D eigenvalue weighted by molar-refractivity contribution is 7.90. The van der Waals surface area contributed by atoms with Crippen molar-refractivity contribution in [2.75, 3.05) is 0 Å². The van der Waals surface area contributed by atoms with Crippen LogP contribution < -0.4 is 4.72 Å². The molecular formula is C30H20F6N2O4S2. The standard InChI is InChI=1S/C30H20F6N2O4S2/c31-29(32,33)21-11-15-23(16-12-21)43(39,40)37-27-25(19-7-3-1-4-8-19)28(26(27)20-9-5-2-6-10-20)38-44(41,42)24-17-13-22(14-18-24)30(34,35)36/h1-18,25,37H/b38-28+. The Kier molecular flexibility index (Phi) is 7.93. The molecule has 0 bridgehead atoms. The fourth-order valence-corrected chi connectivity index (χ4v) is 6.76. The van der Waals surface area contributed by atoms with E-state index in [9.17, 15) is 43.2 Å². The van der Waals surface area contributed by atoms with E-state index in [1.165, 1.54) is 0 Å². The van der Waals surface area contributed by atoms with Gasteiger partial charge in [-0.3, -0.25) is 4.72 Å². The van der Waals surface area contributed by atoms with Crippen LogP contribution in [0.15, 0.2) is 129 Å². The summed E-state index contributed by atoms with van der Waals surface area (Å²) in [6.45, 7) is 0. The minimum absolute atomic E-state index is 0.00340. The highest BCUT2D eigenvalue weighted by atomic mass is 32.2. The van der Waals surface area contributed by atoms with Gasteiger partial charge in [0, 0.05) is 11.3 Å². The van der Waals surface area contributed by atoms with Crippen LogP contribution in [0.4, 0.5) is 26.3 Å². The van der Waals surface area contributed by atoms with Crippen LogP contribution in [0.3, 0.4) is 0 Å². The summed E-state index contributed by atoms with van der Waals surface area (Å²) in [5.74, 6) is -1.07. The lowest BCUT2D eigenvalue weighted by molar-refractivity contribution is -0.138. The second kappa shape index (κ2) is 11.2. The number of nitrogens with one attached hydrogen (secondary N) is 1. The monoisotopic (exact) mass is 650 g/mol. The average molecular weight is 651 g/mol. The predicted octanol–water partition coefficient (Wildman–Crippen LogP) is 7.04. The molecule has 0 saturated heterocycles. The average Bonchev–Trinajstić information content (AvgIpc) is 2.97. The van der Waals surface area contributed by atoms with Gasteiger partial charge in [-0.1, -0.05) is 60.7 Å². The van der Waals surface area contributed by atoms with E-state index in [-0.39, 0.29) is 17.0 Å². The van der Waals surface area contributed by atoms with E-state index >= 15 is 0 Å². The second-order valence-electron chi connectivity index (χ2n) is 9.60. The Hall–Kier alpha value is -4.43. The smallest absolute Gasteiger partial charge is 0.282 e. The number of alkyl halides is 6. The molecule has 0 saturated carbocycles. The maximum absolute atomic E-state index is 13.4. The zero-order valence-electron chi connectivity index (χ0n) is 22.1. The topological polar surface area (TPSA) is 92.7 Å². The minimum atomic E-state index is -4.69. The second-order valence-corrected chi connectivity index (χ2v) is 12.9. The molecule has 44 heavy (non-hydrogen) atoms. The Morgan fingerprint density at radius 2 is 1.05 bits per heavy atom. The first-order valence-corrected chi connectivity index (χ1v) is 15.6. The van der Waals surface area contributed by atoms with Gasteiger partial charge in [0.05, 0.1) is 32.5 Å². The molecule has 0 aromatic heterocycles. The lowest BCUT2D eigenvalue weighted by Crippen LogP contribution is -2.39. The van der Waals surface area contributed by atoms with Crippen LogP contribution in [0.5, 0.6) is 0 Å². The zero-order valence-corrected chi connectivity index (χ0v) is 23.8. The van der Waals surface area contributed by atoms with Gasteiger partial charge in [0.2, 0.25) is 0 Å². The molecule has 0 spiro atoms. The molecule has 4 aromatic rings. The molecule has 1 N–H and O–H groups in total. The predicted molar refractivity (Wildman–Crippen MR) is 150 cm³/mol. The molecule has 1 unspecified atom stereocenters. The van der Waals surface area contributed by atoms with E-state index in [1.54, 1.807) is 60.7 Å². The summed E-state index contributed by atoms with van der Waals surface area (Å²) in [6, 6.07) is 21.8. The van der Waals surface area contributed by atoms with E-state index < -0.39 is 59.2 Å². The molecule has 0 heterocycles. The van der Waals surface area contributed by atoms with Crippen LogP contribution in [-0.4, -0.2) is 22.5 Å². The van der Waals surface area contributed by atoms with Gasteiger partial charge in [-0.15, -0.1) is 0 Å². The minimum Gasteiger partial charge on any atom is -0.282 e. The van der Waals surface area contributed by atoms with Crippen molar-refractivity contribution in [3.63, 3.8) is 0 Å². The summed E-state index contributed by atoms with van der Waals surface area (Å²) in [5, 5.41) is 0. The SMILES string of the molecule is O=S(=O)(/N=C1/C(c2ccccc2)=C(NS(=O)(=O)c2ccc(C(F)(F)F)cc2)C1c1ccccc1)c1ccc(C(F)(F)F)cc1. The number of sulfonamides is 2. The van der Waals surface area contributed by atoms with Crippen molar-refractivity contribution < 1.29 is 43.2 Å². The number of hydrogen-bond donors (Lipinski definition) is 1. The maximum atomic E-state index is 13.4. The number of halogens is 6. The molecule has 0 aliphatic heterocycles. The van der Waals surface area contributed by atoms with Crippen molar-refractivity contribution in [2.24, 2.45) is 4.40 Å². The fourth-order valence-electron chi connectivity index (χ4n) is 4.60. The van der Waals surface area contributed by atoms with Crippen LogP contribution in [-0.2, 0) is 32.4 Å². The van der Waals surface area contributed by atoms with Gasteiger partial charge >= 0.3 is 12.4 Å². The molecule has 1 atom stereocenters. The van der Waals surface area contributed by atoms with E-state index in [0.717, 1.165) is 24.3 Å². The van der Waals surface area contributed by atoms with Crippen molar-refractivity contribution in [3.8, 4) is 0 Å². The number of hydrogen-bond acceptors (Lipinski definition) is 4. The van der Waals surface area contributed by atoms with Crippen molar-refractivity contribution in [2.45, 2.75) is 28.1 Å². The Morgan fingerprint density at radius 3 is 1.52 bits per heavy atom. The van der Waals surface area contributed by atoms with E-state index in [2.05, 4.69) is 9.12 Å². The Bertz CT molecular complexity index is 1960. The molecule has 4 aromatic carbocycles. The van der Waals surface area contributed by atoms with Crippen LogP contribution in [0.2, 0.25) is 0 Å². The number of allylic oxidation sites excluding steroid dienone is 2. The van der Waals surface area contributed by atoms with Gasteiger partial charge in [-0.2, -0.15) is 39.2 Å². The maximum Gasteiger partial charge on any atom is 0.416 e. The van der Waals surface area contributed by atoms with Crippen LogP contribution in [0.25, 0.3) is 5.57 Å². The number of rotatable bonds is 7. The summed E-state index contributed by atoms with van der Waals surface area (Å²) < 4.78 is 138. The zero-order chi connectivity index (χ0) is 31.9. The first kappa shape index (κ1) is 31.0. The van der Waals surface area contributed by atoms with Crippen molar-refractivity contribution in [1.82, 2.24) is 4.72 Å². The van der Waals surface area contributed by atoms with E-state index in [0.29, 0.717) is 35.4 Å². The van der Waals surface area contributed by atoms with Gasteiger partial charge in [-0.25, -0.2) is 8.42 Å². The summed E-state index contributed by atoms with van der Waals surface area (Å²) in [6.07, 6.45) is -9.38. The highest BCUT2D eigenvalue weighted by Crippen LogP contribution is 2.45. The molecule has 0 radical (unpaired) electrons. The Balaban J connectivity index is 1.65. The quantitative estimate of drug-likeness (QED) is 0.217. The molecule has 14 heteroatoms. The molecule has 1 aliphatic carbocycles. The van der Waals surface area contributed by atoms with E-state index in [4.69, 9.17) is 0 Å². The Morgan fingerprint density at radius 1 is 0.591 bits per heavy atom. The Labute approximate surface area is 248 Å². The molecular weight excluding hydrogens is 630 g/mol. The normalized spacial score (nSPS) is 17.0. The molecule has 0 amide bonds. The van der Waals surface area contributed by atoms with Crippen LogP contribution >= 0.6 is 0 Å². The van der Waals surface area contributed by atoms with E-state index in [1.807, 2.05) is 0 Å². The number of benzene rings is 4. The van der Waals surface area contributed by atoms with Crippen molar-refractivity contribution >= 4 is 31.3 Å². The summed E-state index contributed by atoms with van der Waals surface area (Å²) in [5.41, 5.74) is -1.31. The van der Waals surface area contributed by atoms with Gasteiger partial charge in [0.15, 0.2) is 0 Å². The molecule has 5 rings (SSSR count). The summed E-state index contributed by atoms with van der Waals surface area (Å²) >= 11 is 0. The van der Waals surface area contributed by atoms with Gasteiger partial charge < -0.3 is 0 Å². The summed E-state index contributed by atoms with van der Waals surface area (Å²) in [7, 11) is -9.09. The lowest BCUT2D eigenvalue weighted by atomic mass is 9.73. The molecule has 228 valence electrons. The van der Waals surface area contributed by atoms with Gasteiger partial charge in [-0.05, 0) is 59.7 Å². The largest absolute Gasteiger partial charge is 0.416 e. The third kappa shape index (κ3) is 6.26. The third-order valence-electron chi connectivity index (χ3n) is 6.72. The van der Waals surface area contributed by atoms with Crippen LogP contribution in [0.1, 0.15) is 28.2 Å². The first-order chi connectivity index (χ1) is 20.6. The van der Waals surface area contributed by atoms with Crippen LogP contribution in [0, 0.1) is 0 Å². The van der Waals surface area contributed by atoms with Crippen molar-refractivity contribution in [3.05, 3.63) is 137 Å². The third-order valence-corrected chi connectivity index (χ3v) is 9.40. The molecule has 6 nitrogen and oxygen atoms in total. The first-order valence-electron chi connectivity index (χ1n) is 12.6. The van der Waals surface area contributed by atoms with Gasteiger partial charge in [0.25, 0.3) is 20.0 Å². The lowest BCUT2D eigenvalue weighted by Gasteiger charge is -2.36. The number of nitrogens with zero attached hydrogens (tertiary/aromatic N) is 1. The molecule has 1 aliphatic rings.